The molecule has 2 rings (SSSR count). The van der Waals surface area contributed by atoms with Gasteiger partial charge in [0, 0.05) is 6.04 Å². The molecule has 0 heterocycles. The van der Waals surface area contributed by atoms with Gasteiger partial charge in [0.15, 0.2) is 0 Å². The monoisotopic (exact) mass is 382 g/mol. The van der Waals surface area contributed by atoms with Gasteiger partial charge in [-0.2, -0.15) is 0 Å². The summed E-state index contributed by atoms with van der Waals surface area (Å²) in [6.07, 6.45) is 3.38. The lowest BCUT2D eigenvalue weighted by atomic mass is 9.85. The van der Waals surface area contributed by atoms with Crippen LogP contribution in [0.1, 0.15) is 25.7 Å². The van der Waals surface area contributed by atoms with Gasteiger partial charge >= 0.3 is 0 Å². The zero-order valence-corrected chi connectivity index (χ0v) is 13.7. The molecule has 2 atom stereocenters. The van der Waals surface area contributed by atoms with Crippen molar-refractivity contribution < 1.29 is 17.2 Å². The third kappa shape index (κ3) is 3.80. The molecule has 118 valence electrons. The Balaban J connectivity index is 2.28. The summed E-state index contributed by atoms with van der Waals surface area (Å²) in [5.41, 5.74) is 5.65. The number of nitrogens with two attached hydrogens (primary N) is 1. The Labute approximate surface area is 131 Å². The van der Waals surface area contributed by atoms with Crippen molar-refractivity contribution in [3.63, 3.8) is 0 Å². The number of halogens is 3. The van der Waals surface area contributed by atoms with Crippen LogP contribution in [0.4, 0.5) is 8.78 Å². The van der Waals surface area contributed by atoms with Crippen molar-refractivity contribution in [1.82, 2.24) is 4.72 Å². The average Bonchev–Trinajstić information content (AvgIpc) is 2.43. The van der Waals surface area contributed by atoms with Gasteiger partial charge in [-0.15, -0.1) is 0 Å². The summed E-state index contributed by atoms with van der Waals surface area (Å²) in [6.45, 7) is 0.365. The van der Waals surface area contributed by atoms with Crippen LogP contribution < -0.4 is 10.5 Å². The summed E-state index contributed by atoms with van der Waals surface area (Å²) in [5.74, 6) is -1.79. The number of sulfonamides is 1. The first-order chi connectivity index (χ1) is 9.85. The summed E-state index contributed by atoms with van der Waals surface area (Å²) in [7, 11) is -4.11. The summed E-state index contributed by atoms with van der Waals surface area (Å²) >= 11 is 2.82. The molecule has 0 aliphatic heterocycles. The maximum absolute atomic E-state index is 13.8. The van der Waals surface area contributed by atoms with E-state index in [2.05, 4.69) is 20.7 Å². The van der Waals surface area contributed by atoms with Crippen molar-refractivity contribution >= 4 is 26.0 Å². The summed E-state index contributed by atoms with van der Waals surface area (Å²) in [6, 6.07) is 1.16. The zero-order chi connectivity index (χ0) is 15.6. The number of benzene rings is 1. The first-order valence-electron chi connectivity index (χ1n) is 6.72. The largest absolute Gasteiger partial charge is 0.330 e. The molecule has 0 aromatic heterocycles. The van der Waals surface area contributed by atoms with E-state index in [9.17, 15) is 17.2 Å². The van der Waals surface area contributed by atoms with Crippen molar-refractivity contribution in [2.45, 2.75) is 36.6 Å². The second kappa shape index (κ2) is 6.68. The Morgan fingerprint density at radius 1 is 1.24 bits per heavy atom. The van der Waals surface area contributed by atoms with Crippen LogP contribution in [0.15, 0.2) is 21.5 Å². The van der Waals surface area contributed by atoms with Gasteiger partial charge in [0.2, 0.25) is 10.0 Å². The van der Waals surface area contributed by atoms with E-state index < -0.39 is 26.6 Å². The molecule has 0 spiro atoms. The highest BCUT2D eigenvalue weighted by atomic mass is 79.9. The van der Waals surface area contributed by atoms with Crippen molar-refractivity contribution in [2.24, 2.45) is 11.7 Å². The van der Waals surface area contributed by atoms with Gasteiger partial charge in [-0.05, 0) is 53.4 Å². The fourth-order valence-electron chi connectivity index (χ4n) is 2.62. The third-order valence-electron chi connectivity index (χ3n) is 3.78. The minimum Gasteiger partial charge on any atom is -0.330 e. The zero-order valence-electron chi connectivity index (χ0n) is 11.3. The van der Waals surface area contributed by atoms with Crippen LogP contribution in [-0.2, 0) is 10.0 Å². The van der Waals surface area contributed by atoms with Crippen molar-refractivity contribution in [3.8, 4) is 0 Å². The molecule has 1 aliphatic carbocycles. The van der Waals surface area contributed by atoms with Gasteiger partial charge in [0.05, 0.1) is 4.47 Å². The summed E-state index contributed by atoms with van der Waals surface area (Å²) in [5, 5.41) is 0. The van der Waals surface area contributed by atoms with Gasteiger partial charge in [-0.3, -0.25) is 0 Å². The van der Waals surface area contributed by atoms with Crippen LogP contribution in [0.3, 0.4) is 0 Å². The molecule has 0 amide bonds. The number of nitrogens with one attached hydrogen (secondary N) is 1. The molecule has 3 N–H and O–H groups in total. The lowest BCUT2D eigenvalue weighted by molar-refractivity contribution is 0.296. The highest BCUT2D eigenvalue weighted by molar-refractivity contribution is 9.10. The highest BCUT2D eigenvalue weighted by Crippen LogP contribution is 2.27. The van der Waals surface area contributed by atoms with E-state index in [1.807, 2.05) is 0 Å². The van der Waals surface area contributed by atoms with Gasteiger partial charge < -0.3 is 5.73 Å². The van der Waals surface area contributed by atoms with E-state index in [1.165, 1.54) is 0 Å². The fraction of sp³-hybridized carbons (Fsp3) is 0.538. The predicted molar refractivity (Wildman–Crippen MR) is 79.2 cm³/mol. The van der Waals surface area contributed by atoms with E-state index >= 15 is 0 Å². The Bertz CT molecular complexity index is 625. The average molecular weight is 383 g/mol. The maximum atomic E-state index is 13.8. The van der Waals surface area contributed by atoms with Crippen LogP contribution >= 0.6 is 15.9 Å². The smallest absolute Gasteiger partial charge is 0.243 e. The van der Waals surface area contributed by atoms with Crippen LogP contribution in [0, 0.1) is 17.6 Å². The normalized spacial score (nSPS) is 23.2. The SMILES string of the molecule is NCC1CCCCC1NS(=O)(=O)c1cc(F)c(Br)cc1F. The molecule has 1 aromatic rings. The van der Waals surface area contributed by atoms with Gasteiger partial charge in [-0.1, -0.05) is 12.8 Å². The van der Waals surface area contributed by atoms with E-state index in [1.54, 1.807) is 0 Å². The summed E-state index contributed by atoms with van der Waals surface area (Å²) in [4.78, 5) is -0.676. The second-order valence-electron chi connectivity index (χ2n) is 5.20. The highest BCUT2D eigenvalue weighted by Gasteiger charge is 2.30. The van der Waals surface area contributed by atoms with Crippen LogP contribution in [0.25, 0.3) is 0 Å². The van der Waals surface area contributed by atoms with Gasteiger partial charge in [-0.25, -0.2) is 21.9 Å². The van der Waals surface area contributed by atoms with E-state index in [-0.39, 0.29) is 16.4 Å². The lowest BCUT2D eigenvalue weighted by Gasteiger charge is -2.31. The molecule has 2 unspecified atom stereocenters. The number of rotatable bonds is 4. The molecular formula is C13H17BrF2N2O2S. The molecule has 1 saturated carbocycles. The Morgan fingerprint density at radius 3 is 2.57 bits per heavy atom. The minimum atomic E-state index is -4.11. The first kappa shape index (κ1) is 16.8. The van der Waals surface area contributed by atoms with E-state index in [4.69, 9.17) is 5.73 Å². The second-order valence-corrected chi connectivity index (χ2v) is 7.74. The molecule has 1 aliphatic rings. The van der Waals surface area contributed by atoms with Crippen molar-refractivity contribution in [1.29, 1.82) is 0 Å². The predicted octanol–water partition coefficient (Wildman–Crippen LogP) is 2.52. The molecular weight excluding hydrogens is 366 g/mol. The van der Waals surface area contributed by atoms with Crippen molar-refractivity contribution in [3.05, 3.63) is 28.2 Å². The Kier molecular flexibility index (Phi) is 5.34. The number of hydrogen-bond acceptors (Lipinski definition) is 3. The number of hydrogen-bond donors (Lipinski definition) is 2. The van der Waals surface area contributed by atoms with E-state index in [0.29, 0.717) is 19.0 Å². The summed E-state index contributed by atoms with van der Waals surface area (Å²) < 4.78 is 54.2. The van der Waals surface area contributed by atoms with Crippen LogP contribution in [0.5, 0.6) is 0 Å². The molecule has 0 radical (unpaired) electrons. The molecule has 1 aromatic carbocycles. The van der Waals surface area contributed by atoms with Crippen LogP contribution in [-0.4, -0.2) is 21.0 Å². The molecule has 0 saturated heterocycles. The maximum Gasteiger partial charge on any atom is 0.243 e. The molecule has 4 nitrogen and oxygen atoms in total. The van der Waals surface area contributed by atoms with Gasteiger partial charge in [0.1, 0.15) is 16.5 Å². The third-order valence-corrected chi connectivity index (χ3v) is 5.90. The lowest BCUT2D eigenvalue weighted by Crippen LogP contribution is -2.44. The first-order valence-corrected chi connectivity index (χ1v) is 8.99. The molecule has 1 fully saturated rings. The fourth-order valence-corrected chi connectivity index (χ4v) is 4.34. The van der Waals surface area contributed by atoms with Crippen molar-refractivity contribution in [2.75, 3.05) is 6.54 Å². The van der Waals surface area contributed by atoms with Crippen LogP contribution in [0.2, 0.25) is 0 Å². The van der Waals surface area contributed by atoms with E-state index in [0.717, 1.165) is 25.3 Å². The molecule has 0 bridgehead atoms. The standard InChI is InChI=1S/C13H17BrF2N2O2S/c14-9-5-11(16)13(6-10(9)15)21(19,20)18-12-4-2-1-3-8(12)7-17/h5-6,8,12,18H,1-4,7,17H2. The topological polar surface area (TPSA) is 72.2 Å². The van der Waals surface area contributed by atoms with Gasteiger partial charge in [0.25, 0.3) is 0 Å². The minimum absolute atomic E-state index is 0.0249. The Hall–Kier alpha value is -0.570. The molecule has 21 heavy (non-hydrogen) atoms. The molecule has 8 heteroatoms. The quantitative estimate of drug-likeness (QED) is 0.785. The Morgan fingerprint density at radius 2 is 1.90 bits per heavy atom.